The Bertz CT molecular complexity index is 853. The first kappa shape index (κ1) is 14.4. The SMILES string of the molecule is Cc1ccc([C@H]2C[C@H]2C(=O)NCCc2nnc3ccccn23)s1. The third kappa shape index (κ3) is 2.86. The zero-order valence-corrected chi connectivity index (χ0v) is 13.7. The van der Waals surface area contributed by atoms with Crippen molar-refractivity contribution >= 4 is 22.9 Å². The van der Waals surface area contributed by atoms with Crippen LogP contribution >= 0.6 is 11.3 Å². The lowest BCUT2D eigenvalue weighted by atomic mass is 10.2. The average molecular weight is 326 g/mol. The number of nitrogens with one attached hydrogen (secondary N) is 1. The number of pyridine rings is 1. The largest absolute Gasteiger partial charge is 0.355 e. The Morgan fingerprint density at radius 1 is 1.35 bits per heavy atom. The van der Waals surface area contributed by atoms with Crippen molar-refractivity contribution in [2.75, 3.05) is 6.54 Å². The van der Waals surface area contributed by atoms with E-state index in [1.54, 1.807) is 11.3 Å². The van der Waals surface area contributed by atoms with Gasteiger partial charge in [-0.05, 0) is 37.6 Å². The summed E-state index contributed by atoms with van der Waals surface area (Å²) in [4.78, 5) is 14.9. The topological polar surface area (TPSA) is 59.3 Å². The number of hydrogen-bond acceptors (Lipinski definition) is 4. The van der Waals surface area contributed by atoms with Crippen LogP contribution in [-0.2, 0) is 11.2 Å². The molecule has 0 radical (unpaired) electrons. The minimum absolute atomic E-state index is 0.142. The van der Waals surface area contributed by atoms with Gasteiger partial charge in [-0.1, -0.05) is 6.07 Å². The molecular weight excluding hydrogens is 308 g/mol. The molecule has 5 nitrogen and oxygen atoms in total. The van der Waals surface area contributed by atoms with Gasteiger partial charge in [0.05, 0.1) is 0 Å². The minimum atomic E-state index is 0.142. The molecule has 3 heterocycles. The van der Waals surface area contributed by atoms with E-state index in [4.69, 9.17) is 0 Å². The van der Waals surface area contributed by atoms with E-state index < -0.39 is 0 Å². The van der Waals surface area contributed by atoms with Gasteiger partial charge < -0.3 is 5.32 Å². The second-order valence-electron chi connectivity index (χ2n) is 5.98. The summed E-state index contributed by atoms with van der Waals surface area (Å²) in [5.41, 5.74) is 0.837. The van der Waals surface area contributed by atoms with Gasteiger partial charge in [0.25, 0.3) is 0 Å². The lowest BCUT2D eigenvalue weighted by Crippen LogP contribution is -2.28. The van der Waals surface area contributed by atoms with Gasteiger partial charge in [0.15, 0.2) is 5.65 Å². The van der Waals surface area contributed by atoms with Crippen LogP contribution in [0.4, 0.5) is 0 Å². The number of hydrogen-bond donors (Lipinski definition) is 1. The molecule has 0 aliphatic heterocycles. The van der Waals surface area contributed by atoms with Crippen molar-refractivity contribution in [3.63, 3.8) is 0 Å². The van der Waals surface area contributed by atoms with Crippen molar-refractivity contribution < 1.29 is 4.79 Å². The Morgan fingerprint density at radius 2 is 2.26 bits per heavy atom. The molecule has 0 saturated heterocycles. The molecule has 0 unspecified atom stereocenters. The van der Waals surface area contributed by atoms with Gasteiger partial charge in [-0.15, -0.1) is 21.5 Å². The molecule has 4 rings (SSSR count). The Morgan fingerprint density at radius 3 is 3.09 bits per heavy atom. The Hall–Kier alpha value is -2.21. The predicted octanol–water partition coefficient (Wildman–Crippen LogP) is 2.56. The summed E-state index contributed by atoms with van der Waals surface area (Å²) < 4.78 is 1.96. The van der Waals surface area contributed by atoms with Gasteiger partial charge in [-0.25, -0.2) is 0 Å². The highest BCUT2D eigenvalue weighted by Crippen LogP contribution is 2.49. The van der Waals surface area contributed by atoms with Crippen LogP contribution in [0.3, 0.4) is 0 Å². The number of carbonyl (C=O) groups excluding carboxylic acids is 1. The van der Waals surface area contributed by atoms with Crippen LogP contribution in [0.15, 0.2) is 36.5 Å². The van der Waals surface area contributed by atoms with E-state index in [0.29, 0.717) is 18.9 Å². The zero-order valence-electron chi connectivity index (χ0n) is 12.9. The van der Waals surface area contributed by atoms with Crippen LogP contribution in [0.2, 0.25) is 0 Å². The van der Waals surface area contributed by atoms with Crippen LogP contribution in [0.5, 0.6) is 0 Å². The molecule has 0 bridgehead atoms. The summed E-state index contributed by atoms with van der Waals surface area (Å²) in [5.74, 6) is 1.60. The fourth-order valence-corrected chi connectivity index (χ4v) is 4.00. The summed E-state index contributed by atoms with van der Waals surface area (Å²) in [6.45, 7) is 2.70. The number of nitrogens with zero attached hydrogens (tertiary/aromatic N) is 3. The molecule has 0 spiro atoms. The van der Waals surface area contributed by atoms with Crippen molar-refractivity contribution in [3.8, 4) is 0 Å². The van der Waals surface area contributed by atoms with Gasteiger partial charge in [-0.3, -0.25) is 9.20 Å². The predicted molar refractivity (Wildman–Crippen MR) is 89.6 cm³/mol. The van der Waals surface area contributed by atoms with Gasteiger partial charge in [0.1, 0.15) is 5.82 Å². The van der Waals surface area contributed by atoms with Crippen molar-refractivity contribution in [1.82, 2.24) is 19.9 Å². The average Bonchev–Trinajstić information content (AvgIpc) is 3.08. The third-order valence-electron chi connectivity index (χ3n) is 4.29. The Labute approximate surface area is 138 Å². The molecule has 1 amide bonds. The number of thiophene rings is 1. The highest BCUT2D eigenvalue weighted by molar-refractivity contribution is 7.12. The van der Waals surface area contributed by atoms with E-state index in [-0.39, 0.29) is 11.8 Å². The van der Waals surface area contributed by atoms with Crippen LogP contribution < -0.4 is 5.32 Å². The number of aryl methyl sites for hydroxylation is 1. The lowest BCUT2D eigenvalue weighted by Gasteiger charge is -2.04. The molecule has 2 atom stereocenters. The maximum Gasteiger partial charge on any atom is 0.223 e. The Kier molecular flexibility index (Phi) is 3.61. The summed E-state index contributed by atoms with van der Waals surface area (Å²) in [6, 6.07) is 10.1. The molecule has 1 fully saturated rings. The highest BCUT2D eigenvalue weighted by Gasteiger charge is 2.44. The van der Waals surface area contributed by atoms with E-state index in [1.807, 2.05) is 28.8 Å². The monoisotopic (exact) mass is 326 g/mol. The van der Waals surface area contributed by atoms with Crippen LogP contribution in [0.25, 0.3) is 5.65 Å². The van der Waals surface area contributed by atoms with E-state index in [2.05, 4.69) is 34.6 Å². The van der Waals surface area contributed by atoms with Crippen molar-refractivity contribution in [1.29, 1.82) is 0 Å². The van der Waals surface area contributed by atoms with Crippen LogP contribution in [-0.4, -0.2) is 27.0 Å². The van der Waals surface area contributed by atoms with Gasteiger partial charge in [0.2, 0.25) is 5.91 Å². The van der Waals surface area contributed by atoms with E-state index in [1.165, 1.54) is 9.75 Å². The number of rotatable bonds is 5. The molecule has 3 aromatic rings. The third-order valence-corrected chi connectivity index (χ3v) is 5.42. The number of amides is 1. The van der Waals surface area contributed by atoms with Gasteiger partial charge in [0, 0.05) is 40.8 Å². The van der Waals surface area contributed by atoms with Crippen LogP contribution in [0, 0.1) is 12.8 Å². The lowest BCUT2D eigenvalue weighted by molar-refractivity contribution is -0.122. The fraction of sp³-hybridized carbons (Fsp3) is 0.353. The van der Waals surface area contributed by atoms with E-state index in [9.17, 15) is 4.79 Å². The van der Waals surface area contributed by atoms with Gasteiger partial charge in [-0.2, -0.15) is 0 Å². The number of aromatic nitrogens is 3. The summed E-state index contributed by atoms with van der Waals surface area (Å²) in [6.07, 6.45) is 3.61. The number of fused-ring (bicyclic) bond motifs is 1. The molecule has 1 N–H and O–H groups in total. The molecule has 3 aromatic heterocycles. The highest BCUT2D eigenvalue weighted by atomic mass is 32.1. The maximum absolute atomic E-state index is 12.2. The molecule has 1 saturated carbocycles. The van der Waals surface area contributed by atoms with Crippen molar-refractivity contribution in [2.45, 2.75) is 25.7 Å². The molecule has 0 aromatic carbocycles. The minimum Gasteiger partial charge on any atom is -0.355 e. The number of carbonyl (C=O) groups is 1. The summed E-state index contributed by atoms with van der Waals surface area (Å²) in [7, 11) is 0. The standard InChI is InChI=1S/C17H18N4OS/c1-11-5-6-14(23-11)12-10-13(12)17(22)18-8-7-16-20-19-15-4-2-3-9-21(15)16/h2-6,9,12-13H,7-8,10H2,1H3,(H,18,22)/t12-,13+/m0/s1. The smallest absolute Gasteiger partial charge is 0.223 e. The normalized spacial score (nSPS) is 19.9. The van der Waals surface area contributed by atoms with Gasteiger partial charge >= 0.3 is 0 Å². The van der Waals surface area contributed by atoms with E-state index >= 15 is 0 Å². The maximum atomic E-state index is 12.2. The molecule has 23 heavy (non-hydrogen) atoms. The quantitative estimate of drug-likeness (QED) is 0.784. The first-order valence-electron chi connectivity index (χ1n) is 7.85. The molecule has 1 aliphatic rings. The first-order valence-corrected chi connectivity index (χ1v) is 8.67. The second kappa shape index (κ2) is 5.77. The van der Waals surface area contributed by atoms with Crippen molar-refractivity contribution in [2.24, 2.45) is 5.92 Å². The molecule has 6 heteroatoms. The first-order chi connectivity index (χ1) is 11.2. The Balaban J connectivity index is 1.31. The summed E-state index contributed by atoms with van der Waals surface area (Å²) in [5, 5.41) is 11.3. The molecular formula is C17H18N4OS. The van der Waals surface area contributed by atoms with Crippen LogP contribution in [0.1, 0.15) is 27.9 Å². The van der Waals surface area contributed by atoms with E-state index in [0.717, 1.165) is 17.9 Å². The molecule has 1 aliphatic carbocycles. The van der Waals surface area contributed by atoms with Crippen molar-refractivity contribution in [3.05, 3.63) is 52.1 Å². The zero-order chi connectivity index (χ0) is 15.8. The second-order valence-corrected chi connectivity index (χ2v) is 7.30. The fourth-order valence-electron chi connectivity index (χ4n) is 2.94. The summed E-state index contributed by atoms with van der Waals surface area (Å²) >= 11 is 1.80. The molecule has 118 valence electrons.